The van der Waals surface area contributed by atoms with E-state index < -0.39 is 11.9 Å². The van der Waals surface area contributed by atoms with Crippen molar-refractivity contribution in [2.24, 2.45) is 0 Å². The van der Waals surface area contributed by atoms with Crippen LogP contribution in [0, 0.1) is 6.92 Å². The number of hydrogen-bond acceptors (Lipinski definition) is 5. The number of halogens is 1. The predicted octanol–water partition coefficient (Wildman–Crippen LogP) is 6.19. The molecule has 35 heavy (non-hydrogen) atoms. The molecule has 0 bridgehead atoms. The van der Waals surface area contributed by atoms with Gasteiger partial charge in [0.15, 0.2) is 0 Å². The molecule has 1 amide bonds. The SMILES string of the molecule is Cc1cc(NC(=O)c2ccc(Oc3cc4c(cc3Cl)C(C(=O)O)CCO4)cc2)nc2ccccc12. The maximum absolute atomic E-state index is 12.8. The number of aromatic nitrogens is 1. The molecule has 0 fully saturated rings. The van der Waals surface area contributed by atoms with Gasteiger partial charge in [-0.2, -0.15) is 0 Å². The first-order chi connectivity index (χ1) is 16.9. The lowest BCUT2D eigenvalue weighted by Gasteiger charge is -2.24. The highest BCUT2D eigenvalue weighted by molar-refractivity contribution is 6.32. The molecule has 1 unspecified atom stereocenters. The number of carbonyl (C=O) groups excluding carboxylic acids is 1. The lowest BCUT2D eigenvalue weighted by atomic mass is 9.93. The summed E-state index contributed by atoms with van der Waals surface area (Å²) in [6, 6.07) is 19.4. The van der Waals surface area contributed by atoms with Crippen molar-refractivity contribution >= 4 is 40.2 Å². The topological polar surface area (TPSA) is 97.8 Å². The summed E-state index contributed by atoms with van der Waals surface area (Å²) in [7, 11) is 0. The third-order valence-corrected chi connectivity index (χ3v) is 6.21. The third kappa shape index (κ3) is 4.63. The summed E-state index contributed by atoms with van der Waals surface area (Å²) in [6.07, 6.45) is 0.386. The van der Waals surface area contributed by atoms with Gasteiger partial charge in [0, 0.05) is 22.6 Å². The second-order valence-electron chi connectivity index (χ2n) is 8.27. The zero-order valence-corrected chi connectivity index (χ0v) is 19.5. The Labute approximate surface area is 206 Å². The van der Waals surface area contributed by atoms with E-state index in [1.807, 2.05) is 37.3 Å². The molecule has 7 nitrogen and oxygen atoms in total. The van der Waals surface area contributed by atoms with Gasteiger partial charge in [0.05, 0.1) is 23.1 Å². The van der Waals surface area contributed by atoms with Gasteiger partial charge in [0.1, 0.15) is 23.1 Å². The second-order valence-corrected chi connectivity index (χ2v) is 8.68. The molecular weight excluding hydrogens is 468 g/mol. The van der Waals surface area contributed by atoms with Crippen LogP contribution < -0.4 is 14.8 Å². The van der Waals surface area contributed by atoms with Crippen molar-refractivity contribution in [3.05, 3.63) is 88.4 Å². The van der Waals surface area contributed by atoms with Gasteiger partial charge in [-0.05, 0) is 61.4 Å². The Kier molecular flexibility index (Phi) is 6.01. The van der Waals surface area contributed by atoms with Crippen LogP contribution >= 0.6 is 11.6 Å². The number of carbonyl (C=O) groups is 2. The number of carboxylic acid groups (broad SMARTS) is 1. The molecule has 4 aromatic rings. The fourth-order valence-corrected chi connectivity index (χ4v) is 4.34. The number of amides is 1. The molecule has 0 saturated carbocycles. The zero-order chi connectivity index (χ0) is 24.5. The predicted molar refractivity (Wildman–Crippen MR) is 133 cm³/mol. The van der Waals surface area contributed by atoms with Crippen LogP contribution in [0.3, 0.4) is 0 Å². The Morgan fingerprint density at radius 3 is 2.66 bits per heavy atom. The first kappa shape index (κ1) is 22.7. The van der Waals surface area contributed by atoms with Gasteiger partial charge in [-0.3, -0.25) is 9.59 Å². The fourth-order valence-electron chi connectivity index (χ4n) is 4.13. The normalized spacial score (nSPS) is 14.6. The summed E-state index contributed by atoms with van der Waals surface area (Å²) in [5.41, 5.74) is 2.81. The van der Waals surface area contributed by atoms with Crippen LogP contribution in [0.2, 0.25) is 5.02 Å². The minimum atomic E-state index is -0.915. The van der Waals surface area contributed by atoms with E-state index in [1.54, 1.807) is 36.4 Å². The van der Waals surface area contributed by atoms with Crippen LogP contribution in [0.25, 0.3) is 10.9 Å². The second kappa shape index (κ2) is 9.27. The Hall–Kier alpha value is -4.10. The summed E-state index contributed by atoms with van der Waals surface area (Å²) in [6.45, 7) is 2.28. The van der Waals surface area contributed by atoms with Crippen LogP contribution in [0.1, 0.15) is 33.8 Å². The van der Waals surface area contributed by atoms with Crippen molar-refractivity contribution in [3.8, 4) is 17.2 Å². The first-order valence-electron chi connectivity index (χ1n) is 11.0. The molecule has 0 spiro atoms. The van der Waals surface area contributed by atoms with Crippen LogP contribution in [-0.4, -0.2) is 28.6 Å². The molecule has 0 saturated heterocycles. The van der Waals surface area contributed by atoms with Crippen molar-refractivity contribution in [2.45, 2.75) is 19.3 Å². The highest BCUT2D eigenvalue weighted by Gasteiger charge is 2.29. The standard InChI is InChI=1S/C27H21ClN2O5/c1-15-12-25(29-22-5-3-2-4-18(15)22)30-26(31)16-6-8-17(9-7-16)35-24-14-23-20(13-21(24)28)19(27(32)33)10-11-34-23/h2-9,12-14,19H,10-11H2,1H3,(H,32,33)(H,29,30,31). The number of nitrogens with one attached hydrogen (secondary N) is 1. The minimum absolute atomic E-state index is 0.278. The van der Waals surface area contributed by atoms with Crippen LogP contribution in [0.15, 0.2) is 66.7 Å². The maximum Gasteiger partial charge on any atom is 0.311 e. The van der Waals surface area contributed by atoms with Gasteiger partial charge >= 0.3 is 5.97 Å². The van der Waals surface area contributed by atoms with Crippen molar-refractivity contribution in [3.63, 3.8) is 0 Å². The molecule has 8 heteroatoms. The maximum atomic E-state index is 12.8. The molecule has 5 rings (SSSR count). The number of aliphatic carboxylic acids is 1. The van der Waals surface area contributed by atoms with Gasteiger partial charge in [-0.1, -0.05) is 29.8 Å². The van der Waals surface area contributed by atoms with Crippen molar-refractivity contribution in [1.82, 2.24) is 4.98 Å². The van der Waals surface area contributed by atoms with E-state index in [9.17, 15) is 14.7 Å². The number of anilines is 1. The Morgan fingerprint density at radius 2 is 1.89 bits per heavy atom. The summed E-state index contributed by atoms with van der Waals surface area (Å²) in [4.78, 5) is 28.8. The van der Waals surface area contributed by atoms with E-state index in [0.29, 0.717) is 47.2 Å². The van der Waals surface area contributed by atoms with Gasteiger partial charge < -0.3 is 19.9 Å². The fraction of sp³-hybridized carbons (Fsp3) is 0.148. The highest BCUT2D eigenvalue weighted by atomic mass is 35.5. The van der Waals surface area contributed by atoms with E-state index in [-0.39, 0.29) is 10.9 Å². The number of fused-ring (bicyclic) bond motifs is 2. The average Bonchev–Trinajstić information content (AvgIpc) is 2.84. The monoisotopic (exact) mass is 488 g/mol. The smallest absolute Gasteiger partial charge is 0.311 e. The summed E-state index contributed by atoms with van der Waals surface area (Å²) >= 11 is 6.36. The van der Waals surface area contributed by atoms with Gasteiger partial charge in [0.2, 0.25) is 0 Å². The summed E-state index contributed by atoms with van der Waals surface area (Å²) < 4.78 is 11.5. The van der Waals surface area contributed by atoms with Gasteiger partial charge in [-0.25, -0.2) is 4.98 Å². The van der Waals surface area contributed by atoms with Crippen LogP contribution in [0.4, 0.5) is 5.82 Å². The number of para-hydroxylation sites is 1. The third-order valence-electron chi connectivity index (χ3n) is 5.91. The zero-order valence-electron chi connectivity index (χ0n) is 18.7. The van der Waals surface area contributed by atoms with Crippen molar-refractivity contribution in [1.29, 1.82) is 0 Å². The molecule has 176 valence electrons. The molecule has 1 aliphatic heterocycles. The number of pyridine rings is 1. The molecule has 1 aliphatic rings. The lowest BCUT2D eigenvalue weighted by molar-refractivity contribution is -0.139. The van der Waals surface area contributed by atoms with E-state index in [0.717, 1.165) is 16.5 Å². The molecule has 1 aromatic heterocycles. The van der Waals surface area contributed by atoms with Crippen LogP contribution in [0.5, 0.6) is 17.2 Å². The number of aryl methyl sites for hydroxylation is 1. The summed E-state index contributed by atoms with van der Waals surface area (Å²) in [5, 5.41) is 13.6. The van der Waals surface area contributed by atoms with Gasteiger partial charge in [0.25, 0.3) is 5.91 Å². The van der Waals surface area contributed by atoms with E-state index >= 15 is 0 Å². The van der Waals surface area contributed by atoms with Crippen molar-refractivity contribution in [2.75, 3.05) is 11.9 Å². The number of nitrogens with zero attached hydrogens (tertiary/aromatic N) is 1. The number of ether oxygens (including phenoxy) is 2. The molecule has 1 atom stereocenters. The van der Waals surface area contributed by atoms with E-state index in [4.69, 9.17) is 21.1 Å². The minimum Gasteiger partial charge on any atom is -0.493 e. The number of benzene rings is 3. The van der Waals surface area contributed by atoms with E-state index in [1.165, 1.54) is 0 Å². The number of hydrogen-bond donors (Lipinski definition) is 2. The molecule has 3 aromatic carbocycles. The largest absolute Gasteiger partial charge is 0.493 e. The van der Waals surface area contributed by atoms with Crippen LogP contribution in [-0.2, 0) is 4.79 Å². The Balaban J connectivity index is 1.31. The van der Waals surface area contributed by atoms with E-state index in [2.05, 4.69) is 10.3 Å². The molecular formula is C27H21ClN2O5. The van der Waals surface area contributed by atoms with Crippen molar-refractivity contribution < 1.29 is 24.2 Å². The Bertz CT molecular complexity index is 1450. The summed E-state index contributed by atoms with van der Waals surface area (Å²) in [5.74, 6) is -0.146. The highest BCUT2D eigenvalue weighted by Crippen LogP contribution is 2.41. The first-order valence-corrected chi connectivity index (χ1v) is 11.4. The molecule has 0 aliphatic carbocycles. The Morgan fingerprint density at radius 1 is 1.11 bits per heavy atom. The molecule has 2 N–H and O–H groups in total. The van der Waals surface area contributed by atoms with Gasteiger partial charge in [-0.15, -0.1) is 0 Å². The molecule has 0 radical (unpaired) electrons. The average molecular weight is 489 g/mol. The lowest BCUT2D eigenvalue weighted by Crippen LogP contribution is -2.20. The number of rotatable bonds is 5. The number of carboxylic acids is 1. The quantitative estimate of drug-likeness (QED) is 0.347. The molecule has 2 heterocycles.